The molecule has 8 atom stereocenters. The highest BCUT2D eigenvalue weighted by Gasteiger charge is 2.64. The van der Waals surface area contributed by atoms with Crippen LogP contribution in [0.25, 0.3) is 0 Å². The van der Waals surface area contributed by atoms with Gasteiger partial charge in [0.2, 0.25) is 11.8 Å². The van der Waals surface area contributed by atoms with Crippen LogP contribution in [0.5, 0.6) is 0 Å². The highest BCUT2D eigenvalue weighted by molar-refractivity contribution is 5.91. The zero-order valence-corrected chi connectivity index (χ0v) is 17.5. The second-order valence-corrected chi connectivity index (χ2v) is 10.9. The van der Waals surface area contributed by atoms with Gasteiger partial charge in [0.25, 0.3) is 0 Å². The minimum Gasteiger partial charge on any atom is -0.391 e. The van der Waals surface area contributed by atoms with Crippen LogP contribution in [-0.4, -0.2) is 62.8 Å². The van der Waals surface area contributed by atoms with Crippen molar-refractivity contribution in [1.82, 2.24) is 10.2 Å². The highest BCUT2D eigenvalue weighted by Crippen LogP contribution is 2.63. The van der Waals surface area contributed by atoms with E-state index in [0.717, 1.165) is 38.5 Å². The van der Waals surface area contributed by atoms with Gasteiger partial charge in [-0.25, -0.2) is 0 Å². The molecule has 5 N–H and O–H groups in total. The predicted octanol–water partition coefficient (Wildman–Crippen LogP) is 0.0236. The van der Waals surface area contributed by atoms with Crippen LogP contribution in [0, 0.1) is 34.5 Å². The van der Waals surface area contributed by atoms with Crippen LogP contribution in [-0.2, 0) is 9.59 Å². The first-order valence-electron chi connectivity index (χ1n) is 11.3. The van der Waals surface area contributed by atoms with Crippen molar-refractivity contribution in [2.24, 2.45) is 28.9 Å². The van der Waals surface area contributed by atoms with Crippen molar-refractivity contribution in [2.45, 2.75) is 94.2 Å². The van der Waals surface area contributed by atoms with Gasteiger partial charge in [-0.1, -0.05) is 0 Å². The molecule has 1 saturated heterocycles. The molecule has 5 aliphatic carbocycles. The fourth-order valence-electron chi connectivity index (χ4n) is 7.59. The maximum absolute atomic E-state index is 13.9. The van der Waals surface area contributed by atoms with Crippen LogP contribution >= 0.6 is 0 Å². The van der Waals surface area contributed by atoms with Crippen molar-refractivity contribution >= 4 is 11.8 Å². The first-order valence-corrected chi connectivity index (χ1v) is 11.3. The molecule has 8 heteroatoms. The van der Waals surface area contributed by atoms with Gasteiger partial charge in [-0.15, -0.1) is 0 Å². The van der Waals surface area contributed by atoms with E-state index < -0.39 is 41.2 Å². The molecule has 6 aliphatic rings. The number of nitriles is 1. The number of amides is 2. The van der Waals surface area contributed by atoms with Gasteiger partial charge < -0.3 is 26.2 Å². The van der Waals surface area contributed by atoms with Crippen molar-refractivity contribution < 1.29 is 19.8 Å². The predicted molar refractivity (Wildman–Crippen MR) is 106 cm³/mol. The molecular formula is C22H32N4O4. The Kier molecular flexibility index (Phi) is 4.48. The molecule has 2 amide bonds. The standard InChI is InChI=1S/C22H32N4O4/c1-11(27)17(24)19(28)25-18(20(29)26-15(9-23)3-14-4-16(14)26)21-5-12-2-13(6-21)8-22(30,7-12)10-21/h11-18,27,30H,2-8,10,24H2,1H3,(H,25,28). The van der Waals surface area contributed by atoms with Crippen LogP contribution in [0.2, 0.25) is 0 Å². The zero-order valence-electron chi connectivity index (χ0n) is 17.5. The van der Waals surface area contributed by atoms with E-state index in [1.54, 1.807) is 4.90 Å². The lowest BCUT2D eigenvalue weighted by Gasteiger charge is -2.62. The van der Waals surface area contributed by atoms with Crippen molar-refractivity contribution in [3.8, 4) is 6.07 Å². The van der Waals surface area contributed by atoms with Crippen molar-refractivity contribution in [3.05, 3.63) is 0 Å². The summed E-state index contributed by atoms with van der Waals surface area (Å²) in [6, 6.07) is -0.0496. The van der Waals surface area contributed by atoms with E-state index in [-0.39, 0.29) is 11.9 Å². The Morgan fingerprint density at radius 2 is 1.87 bits per heavy atom. The van der Waals surface area contributed by atoms with E-state index in [0.29, 0.717) is 30.6 Å². The lowest BCUT2D eigenvalue weighted by molar-refractivity contribution is -0.182. The van der Waals surface area contributed by atoms with Gasteiger partial charge in [0.05, 0.1) is 17.8 Å². The van der Waals surface area contributed by atoms with E-state index in [4.69, 9.17) is 5.73 Å². The number of carbonyl (C=O) groups excluding carboxylic acids is 2. The number of carbonyl (C=O) groups is 2. The van der Waals surface area contributed by atoms with E-state index in [9.17, 15) is 25.1 Å². The molecule has 5 saturated carbocycles. The minimum absolute atomic E-state index is 0.0870. The molecule has 30 heavy (non-hydrogen) atoms. The summed E-state index contributed by atoms with van der Waals surface area (Å²) in [5.41, 5.74) is 4.59. The van der Waals surface area contributed by atoms with Gasteiger partial charge >= 0.3 is 0 Å². The molecule has 4 bridgehead atoms. The molecule has 1 aliphatic heterocycles. The molecule has 164 valence electrons. The number of likely N-dealkylation sites (tertiary alicyclic amines) is 1. The third kappa shape index (κ3) is 3.05. The summed E-state index contributed by atoms with van der Waals surface area (Å²) in [6.07, 6.45) is 5.27. The Balaban J connectivity index is 1.48. The van der Waals surface area contributed by atoms with E-state index in [2.05, 4.69) is 11.4 Å². The first kappa shape index (κ1) is 20.2. The normalized spacial score (nSPS) is 46.0. The molecule has 0 aromatic rings. The molecule has 6 fully saturated rings. The quantitative estimate of drug-likeness (QED) is 0.498. The number of nitrogens with zero attached hydrogens (tertiary/aromatic N) is 2. The monoisotopic (exact) mass is 416 g/mol. The third-order valence-electron chi connectivity index (χ3n) is 8.55. The Morgan fingerprint density at radius 3 is 2.43 bits per heavy atom. The van der Waals surface area contributed by atoms with Gasteiger partial charge in [0.1, 0.15) is 18.1 Å². The lowest BCUT2D eigenvalue weighted by atomic mass is 9.46. The number of rotatable bonds is 5. The number of fused-ring (bicyclic) bond motifs is 1. The summed E-state index contributed by atoms with van der Waals surface area (Å²) in [5, 5.41) is 33.5. The van der Waals surface area contributed by atoms with E-state index in [1.807, 2.05) is 0 Å². The maximum Gasteiger partial charge on any atom is 0.247 e. The second kappa shape index (κ2) is 6.65. The molecule has 8 unspecified atom stereocenters. The highest BCUT2D eigenvalue weighted by atomic mass is 16.3. The molecule has 1 heterocycles. The zero-order chi connectivity index (χ0) is 21.4. The van der Waals surface area contributed by atoms with Gasteiger partial charge in [-0.2, -0.15) is 5.26 Å². The van der Waals surface area contributed by atoms with Crippen molar-refractivity contribution in [2.75, 3.05) is 0 Å². The summed E-state index contributed by atoms with van der Waals surface area (Å²) in [5.74, 6) is 0.338. The third-order valence-corrected chi connectivity index (χ3v) is 8.55. The molecule has 0 aromatic carbocycles. The largest absolute Gasteiger partial charge is 0.391 e. The average Bonchev–Trinajstić information content (AvgIpc) is 3.32. The lowest BCUT2D eigenvalue weighted by Crippen LogP contribution is -2.67. The van der Waals surface area contributed by atoms with Crippen LogP contribution in [0.1, 0.15) is 58.3 Å². The van der Waals surface area contributed by atoms with Crippen LogP contribution in [0.4, 0.5) is 0 Å². The molecular weight excluding hydrogens is 384 g/mol. The van der Waals surface area contributed by atoms with Crippen molar-refractivity contribution in [1.29, 1.82) is 5.26 Å². The number of nitrogens with two attached hydrogens (primary N) is 1. The van der Waals surface area contributed by atoms with Crippen molar-refractivity contribution in [3.63, 3.8) is 0 Å². The summed E-state index contributed by atoms with van der Waals surface area (Å²) >= 11 is 0. The number of piperidine rings is 1. The minimum atomic E-state index is -1.13. The fourth-order valence-corrected chi connectivity index (χ4v) is 7.59. The smallest absolute Gasteiger partial charge is 0.247 e. The SMILES string of the molecule is CC(O)C(N)C(=O)NC(C(=O)N1C(C#N)CC2CC21)C12CC3CC(CC(O)(C3)C1)C2. The summed E-state index contributed by atoms with van der Waals surface area (Å²) in [7, 11) is 0. The number of nitrogens with one attached hydrogen (secondary N) is 1. The maximum atomic E-state index is 13.9. The first-order chi connectivity index (χ1) is 14.1. The number of aliphatic hydroxyl groups is 2. The fraction of sp³-hybridized carbons (Fsp3) is 0.864. The average molecular weight is 417 g/mol. The van der Waals surface area contributed by atoms with Gasteiger partial charge in [0, 0.05) is 11.5 Å². The van der Waals surface area contributed by atoms with Gasteiger partial charge in [-0.3, -0.25) is 9.59 Å². The number of hydrogen-bond donors (Lipinski definition) is 4. The number of aliphatic hydroxyl groups excluding tert-OH is 1. The summed E-state index contributed by atoms with van der Waals surface area (Å²) in [4.78, 5) is 28.4. The summed E-state index contributed by atoms with van der Waals surface area (Å²) < 4.78 is 0. The molecule has 6 rings (SSSR count). The summed E-state index contributed by atoms with van der Waals surface area (Å²) in [6.45, 7) is 1.45. The van der Waals surface area contributed by atoms with E-state index in [1.165, 1.54) is 6.92 Å². The Labute approximate surface area is 176 Å². The molecule has 0 aromatic heterocycles. The van der Waals surface area contributed by atoms with Crippen LogP contribution < -0.4 is 11.1 Å². The molecule has 0 radical (unpaired) electrons. The van der Waals surface area contributed by atoms with Crippen LogP contribution in [0.3, 0.4) is 0 Å². The number of hydrogen-bond acceptors (Lipinski definition) is 6. The molecule has 8 nitrogen and oxygen atoms in total. The second-order valence-electron chi connectivity index (χ2n) is 10.9. The topological polar surface area (TPSA) is 140 Å². The van der Waals surface area contributed by atoms with Gasteiger partial charge in [0.15, 0.2) is 0 Å². The van der Waals surface area contributed by atoms with Crippen LogP contribution in [0.15, 0.2) is 0 Å². The van der Waals surface area contributed by atoms with Gasteiger partial charge in [-0.05, 0) is 76.0 Å². The Morgan fingerprint density at radius 1 is 1.20 bits per heavy atom. The van der Waals surface area contributed by atoms with E-state index >= 15 is 0 Å². The molecule has 0 spiro atoms. The Bertz CT molecular complexity index is 793. The Hall–Kier alpha value is -1.69.